The summed E-state index contributed by atoms with van der Waals surface area (Å²) in [5.41, 5.74) is 1.05. The summed E-state index contributed by atoms with van der Waals surface area (Å²) in [5, 5.41) is 29.2. The quantitative estimate of drug-likeness (QED) is 0.293. The van der Waals surface area contributed by atoms with E-state index in [1.54, 1.807) is 22.1 Å². The van der Waals surface area contributed by atoms with E-state index in [1.165, 1.54) is 6.33 Å². The number of aliphatic hydroxyl groups is 3. The van der Waals surface area contributed by atoms with Crippen molar-refractivity contribution in [3.63, 3.8) is 0 Å². The summed E-state index contributed by atoms with van der Waals surface area (Å²) in [6.07, 6.45) is 0.469. The number of hydrogen-bond acceptors (Lipinski definition) is 7. The van der Waals surface area contributed by atoms with Crippen LogP contribution in [0, 0.1) is 0 Å². The zero-order chi connectivity index (χ0) is 16.6. The number of nitrogens with zero attached hydrogens (tertiary/aromatic N) is 5. The zero-order valence-electron chi connectivity index (χ0n) is 12.7. The fourth-order valence-electron chi connectivity index (χ4n) is 2.46. The largest absolute Gasteiger partial charge is 0.394 e. The first-order chi connectivity index (χ1) is 11.0. The van der Waals surface area contributed by atoms with Gasteiger partial charge in [-0.05, 0) is 0 Å². The molecule has 0 aromatic carbocycles. The van der Waals surface area contributed by atoms with Crippen molar-refractivity contribution in [1.82, 2.24) is 19.9 Å². The smallest absolute Gasteiger partial charge is 0.309 e. The zero-order valence-corrected chi connectivity index (χ0v) is 12.7. The molecule has 4 atom stereocenters. The lowest BCUT2D eigenvalue weighted by Gasteiger charge is -2.11. The molecule has 0 spiro atoms. The van der Waals surface area contributed by atoms with Crippen molar-refractivity contribution in [2.75, 3.05) is 20.7 Å². The van der Waals surface area contributed by atoms with Crippen LogP contribution in [0.3, 0.4) is 0 Å². The molecule has 2 aromatic rings. The number of aliphatic hydroxyl groups excluding tert-OH is 3. The topological polar surface area (TPSA) is 131 Å². The van der Waals surface area contributed by atoms with Crippen LogP contribution < -0.4 is 4.57 Å². The summed E-state index contributed by atoms with van der Waals surface area (Å²) < 4.78 is 7.06. The SMILES string of the molecule is CN(C)/C=N/c1ncnc2c1[nH]c[n+]2[C@H]1O[C@H](CO)[C@@H](O)[C@@H]1O. The molecule has 1 saturated heterocycles. The first-order valence-corrected chi connectivity index (χ1v) is 7.09. The summed E-state index contributed by atoms with van der Waals surface area (Å²) in [5.74, 6) is 0.439. The molecule has 0 unspecified atom stereocenters. The molecule has 1 aliphatic heterocycles. The first-order valence-electron chi connectivity index (χ1n) is 7.09. The van der Waals surface area contributed by atoms with Crippen molar-refractivity contribution < 1.29 is 24.6 Å². The second-order valence-corrected chi connectivity index (χ2v) is 5.51. The van der Waals surface area contributed by atoms with Gasteiger partial charge in [0.1, 0.15) is 18.3 Å². The number of ether oxygens (including phenoxy) is 1. The fraction of sp³-hybridized carbons (Fsp3) is 0.538. The Balaban J connectivity index is 1.99. The number of imidazole rings is 1. The van der Waals surface area contributed by atoms with Crippen LogP contribution in [0.1, 0.15) is 6.23 Å². The Morgan fingerprint density at radius 1 is 1.39 bits per heavy atom. The lowest BCUT2D eigenvalue weighted by Crippen LogP contribution is -2.45. The molecule has 3 rings (SSSR count). The number of hydrogen-bond donors (Lipinski definition) is 4. The van der Waals surface area contributed by atoms with Crippen LogP contribution in [0.5, 0.6) is 0 Å². The highest BCUT2D eigenvalue weighted by Gasteiger charge is 2.46. The lowest BCUT2D eigenvalue weighted by atomic mass is 10.1. The molecular formula is C13H19N6O4+. The molecule has 0 saturated carbocycles. The number of aromatic nitrogens is 4. The Kier molecular flexibility index (Phi) is 4.22. The van der Waals surface area contributed by atoms with Crippen molar-refractivity contribution in [1.29, 1.82) is 0 Å². The first kappa shape index (κ1) is 15.7. The van der Waals surface area contributed by atoms with Crippen molar-refractivity contribution in [3.8, 4) is 0 Å². The van der Waals surface area contributed by atoms with Crippen molar-refractivity contribution in [3.05, 3.63) is 12.7 Å². The molecule has 10 heteroatoms. The van der Waals surface area contributed by atoms with Crippen LogP contribution in [-0.4, -0.2) is 80.5 Å². The summed E-state index contributed by atoms with van der Waals surface area (Å²) in [4.78, 5) is 17.3. The fourth-order valence-corrected chi connectivity index (χ4v) is 2.46. The molecule has 23 heavy (non-hydrogen) atoms. The van der Waals surface area contributed by atoms with E-state index in [9.17, 15) is 15.3 Å². The van der Waals surface area contributed by atoms with Gasteiger partial charge in [0.15, 0.2) is 12.7 Å². The average Bonchev–Trinajstić information content (AvgIpc) is 3.08. The summed E-state index contributed by atoms with van der Waals surface area (Å²) in [7, 11) is 3.69. The van der Waals surface area contributed by atoms with Gasteiger partial charge in [0, 0.05) is 14.1 Å². The third-order valence-electron chi connectivity index (χ3n) is 3.60. The average molecular weight is 323 g/mol. The predicted octanol–water partition coefficient (Wildman–Crippen LogP) is -1.92. The van der Waals surface area contributed by atoms with Gasteiger partial charge in [0.25, 0.3) is 0 Å². The highest BCUT2D eigenvalue weighted by Crippen LogP contribution is 2.27. The van der Waals surface area contributed by atoms with Crippen LogP contribution in [-0.2, 0) is 4.74 Å². The summed E-state index contributed by atoms with van der Waals surface area (Å²) in [6, 6.07) is 0. The minimum atomic E-state index is -1.18. The maximum Gasteiger partial charge on any atom is 0.309 e. The third kappa shape index (κ3) is 2.77. The highest BCUT2D eigenvalue weighted by atomic mass is 16.6. The Labute approximate surface area is 131 Å². The van der Waals surface area contributed by atoms with E-state index in [2.05, 4.69) is 19.9 Å². The van der Waals surface area contributed by atoms with Gasteiger partial charge in [-0.25, -0.2) is 9.56 Å². The van der Waals surface area contributed by atoms with Crippen LogP contribution in [0.4, 0.5) is 5.82 Å². The Morgan fingerprint density at radius 3 is 2.83 bits per heavy atom. The van der Waals surface area contributed by atoms with Crippen LogP contribution in [0.2, 0.25) is 0 Å². The Bertz CT molecular complexity index is 718. The molecule has 124 valence electrons. The van der Waals surface area contributed by atoms with Gasteiger partial charge >= 0.3 is 5.65 Å². The molecule has 3 heterocycles. The summed E-state index contributed by atoms with van der Waals surface area (Å²) in [6.45, 7) is -0.384. The van der Waals surface area contributed by atoms with Crippen molar-refractivity contribution in [2.45, 2.75) is 24.5 Å². The Hall–Kier alpha value is -2.14. The molecule has 4 N–H and O–H groups in total. The maximum absolute atomic E-state index is 10.1. The van der Waals surface area contributed by atoms with E-state index in [0.717, 1.165) is 0 Å². The molecule has 10 nitrogen and oxygen atoms in total. The number of aliphatic imine (C=N–C) groups is 1. The standard InChI is InChI=1S/C13H18N6O4/c1-18(2)5-17-11-8-12(15-4-14-11)19(6-16-8)13-10(22)9(21)7(3-20)23-13/h4-7,9-10,13,20-22H,3H2,1-2H3/p+1/b17-5+/t7-,9-,10+,13+/m1/s1. The van der Waals surface area contributed by atoms with E-state index in [1.807, 2.05) is 14.1 Å². The minimum Gasteiger partial charge on any atom is -0.394 e. The number of aromatic amines is 1. The molecule has 0 radical (unpaired) electrons. The molecule has 0 aliphatic carbocycles. The van der Waals surface area contributed by atoms with Gasteiger partial charge in [-0.15, -0.1) is 0 Å². The number of nitrogens with one attached hydrogen (secondary N) is 1. The predicted molar refractivity (Wildman–Crippen MR) is 78.9 cm³/mol. The highest BCUT2D eigenvalue weighted by molar-refractivity contribution is 5.80. The van der Waals surface area contributed by atoms with E-state index < -0.39 is 24.5 Å². The number of fused-ring (bicyclic) bond motifs is 1. The molecular weight excluding hydrogens is 304 g/mol. The van der Waals surface area contributed by atoms with E-state index in [-0.39, 0.29) is 6.61 Å². The van der Waals surface area contributed by atoms with Gasteiger partial charge < -0.3 is 25.0 Å². The molecule has 0 bridgehead atoms. The molecule has 1 aliphatic rings. The van der Waals surface area contributed by atoms with E-state index in [0.29, 0.717) is 17.0 Å². The van der Waals surface area contributed by atoms with Crippen LogP contribution in [0.25, 0.3) is 11.2 Å². The lowest BCUT2D eigenvalue weighted by molar-refractivity contribution is -0.745. The third-order valence-corrected chi connectivity index (χ3v) is 3.60. The molecule has 0 amide bonds. The monoisotopic (exact) mass is 323 g/mol. The van der Waals surface area contributed by atoms with Crippen molar-refractivity contribution >= 4 is 23.3 Å². The number of H-pyrrole nitrogens is 1. The van der Waals surface area contributed by atoms with Gasteiger partial charge in [-0.1, -0.05) is 4.98 Å². The van der Waals surface area contributed by atoms with Crippen LogP contribution >= 0.6 is 0 Å². The van der Waals surface area contributed by atoms with Crippen molar-refractivity contribution in [2.24, 2.45) is 4.99 Å². The Morgan fingerprint density at radius 2 is 2.17 bits per heavy atom. The summed E-state index contributed by atoms with van der Waals surface area (Å²) >= 11 is 0. The second kappa shape index (κ2) is 6.16. The minimum absolute atomic E-state index is 0.384. The van der Waals surface area contributed by atoms with Gasteiger partial charge in [0.2, 0.25) is 17.6 Å². The van der Waals surface area contributed by atoms with E-state index in [4.69, 9.17) is 4.74 Å². The molecule has 1 fully saturated rings. The van der Waals surface area contributed by atoms with Gasteiger partial charge in [-0.3, -0.25) is 4.98 Å². The normalized spacial score (nSPS) is 28.0. The molecule has 2 aromatic heterocycles. The number of rotatable bonds is 4. The van der Waals surface area contributed by atoms with Gasteiger partial charge in [-0.2, -0.15) is 4.98 Å². The second-order valence-electron chi connectivity index (χ2n) is 5.51. The maximum atomic E-state index is 10.1. The van der Waals surface area contributed by atoms with Crippen LogP contribution in [0.15, 0.2) is 17.6 Å². The van der Waals surface area contributed by atoms with Gasteiger partial charge in [0.05, 0.1) is 12.9 Å². The van der Waals surface area contributed by atoms with E-state index >= 15 is 0 Å².